The van der Waals surface area contributed by atoms with Crippen LogP contribution in [-0.2, 0) is 9.53 Å². The van der Waals surface area contributed by atoms with Crippen LogP contribution in [0.25, 0.3) is 0 Å². The van der Waals surface area contributed by atoms with Gasteiger partial charge in [-0.15, -0.1) is 0 Å². The van der Waals surface area contributed by atoms with Crippen LogP contribution in [0.1, 0.15) is 26.7 Å². The summed E-state index contributed by atoms with van der Waals surface area (Å²) < 4.78 is 5.11. The molecule has 0 spiro atoms. The van der Waals surface area contributed by atoms with Gasteiger partial charge in [0, 0.05) is 12.6 Å². The number of nitrogens with zero attached hydrogens (tertiary/aromatic N) is 1. The SMILES string of the molecule is CC1CCCN1C(=O)C1(C)COC1. The molecule has 74 valence electrons. The van der Waals surface area contributed by atoms with E-state index in [0.29, 0.717) is 25.2 Å². The Bertz CT molecular complexity index is 223. The van der Waals surface area contributed by atoms with Crippen molar-refractivity contribution in [3.05, 3.63) is 0 Å². The molecule has 2 heterocycles. The Morgan fingerprint density at radius 2 is 2.23 bits per heavy atom. The molecule has 2 aliphatic rings. The lowest BCUT2D eigenvalue weighted by molar-refractivity contribution is -0.169. The van der Waals surface area contributed by atoms with Crippen LogP contribution in [0.3, 0.4) is 0 Å². The first-order valence-electron chi connectivity index (χ1n) is 5.02. The van der Waals surface area contributed by atoms with E-state index in [1.807, 2.05) is 11.8 Å². The molecule has 0 aromatic heterocycles. The summed E-state index contributed by atoms with van der Waals surface area (Å²) in [5.74, 6) is 0.295. The van der Waals surface area contributed by atoms with Crippen LogP contribution < -0.4 is 0 Å². The minimum Gasteiger partial charge on any atom is -0.379 e. The number of carbonyl (C=O) groups excluding carboxylic acids is 1. The second-order valence-corrected chi connectivity index (χ2v) is 4.54. The maximum Gasteiger partial charge on any atom is 0.233 e. The van der Waals surface area contributed by atoms with Crippen LogP contribution in [-0.4, -0.2) is 36.6 Å². The van der Waals surface area contributed by atoms with Crippen LogP contribution in [0.15, 0.2) is 0 Å². The molecule has 2 fully saturated rings. The van der Waals surface area contributed by atoms with Gasteiger partial charge in [0.2, 0.25) is 5.91 Å². The molecule has 2 saturated heterocycles. The molecule has 0 aromatic carbocycles. The van der Waals surface area contributed by atoms with Gasteiger partial charge in [-0.3, -0.25) is 4.79 Å². The third-order valence-corrected chi connectivity index (χ3v) is 3.17. The minimum atomic E-state index is -0.210. The van der Waals surface area contributed by atoms with Crippen molar-refractivity contribution >= 4 is 5.91 Å². The summed E-state index contributed by atoms with van der Waals surface area (Å²) in [6.07, 6.45) is 2.31. The average Bonchev–Trinajstić information content (AvgIpc) is 2.46. The lowest BCUT2D eigenvalue weighted by Crippen LogP contribution is -2.54. The van der Waals surface area contributed by atoms with Crippen molar-refractivity contribution in [2.75, 3.05) is 19.8 Å². The zero-order valence-electron chi connectivity index (χ0n) is 8.38. The molecule has 0 radical (unpaired) electrons. The van der Waals surface area contributed by atoms with E-state index < -0.39 is 0 Å². The van der Waals surface area contributed by atoms with E-state index in [2.05, 4.69) is 6.92 Å². The zero-order chi connectivity index (χ0) is 9.47. The Hall–Kier alpha value is -0.570. The number of likely N-dealkylation sites (tertiary alicyclic amines) is 1. The maximum absolute atomic E-state index is 12.0. The highest BCUT2D eigenvalue weighted by Gasteiger charge is 2.45. The van der Waals surface area contributed by atoms with Gasteiger partial charge in [-0.2, -0.15) is 0 Å². The summed E-state index contributed by atoms with van der Waals surface area (Å²) in [6.45, 7) is 6.29. The van der Waals surface area contributed by atoms with Crippen LogP contribution in [0.4, 0.5) is 0 Å². The summed E-state index contributed by atoms with van der Waals surface area (Å²) in [5, 5.41) is 0. The molecule has 0 saturated carbocycles. The van der Waals surface area contributed by atoms with E-state index in [4.69, 9.17) is 4.74 Å². The number of hydrogen-bond acceptors (Lipinski definition) is 2. The molecule has 3 nitrogen and oxygen atoms in total. The lowest BCUT2D eigenvalue weighted by atomic mass is 9.87. The van der Waals surface area contributed by atoms with Gasteiger partial charge in [0.15, 0.2) is 0 Å². The summed E-state index contributed by atoms with van der Waals surface area (Å²) >= 11 is 0. The Balaban J connectivity index is 2.03. The van der Waals surface area contributed by atoms with E-state index in [-0.39, 0.29) is 5.41 Å². The second kappa shape index (κ2) is 2.98. The van der Waals surface area contributed by atoms with Crippen molar-refractivity contribution in [2.24, 2.45) is 5.41 Å². The fraction of sp³-hybridized carbons (Fsp3) is 0.900. The van der Waals surface area contributed by atoms with Crippen LogP contribution >= 0.6 is 0 Å². The Morgan fingerprint density at radius 3 is 2.62 bits per heavy atom. The van der Waals surface area contributed by atoms with Gasteiger partial charge in [0.05, 0.1) is 18.6 Å². The molecule has 1 unspecified atom stereocenters. The minimum absolute atomic E-state index is 0.210. The first-order chi connectivity index (χ1) is 6.13. The quantitative estimate of drug-likeness (QED) is 0.607. The maximum atomic E-state index is 12.0. The zero-order valence-corrected chi connectivity index (χ0v) is 8.38. The van der Waals surface area contributed by atoms with E-state index in [9.17, 15) is 4.79 Å². The molecular weight excluding hydrogens is 166 g/mol. The van der Waals surface area contributed by atoms with Crippen molar-refractivity contribution < 1.29 is 9.53 Å². The van der Waals surface area contributed by atoms with Gasteiger partial charge in [0.1, 0.15) is 0 Å². The predicted octanol–water partition coefficient (Wildman–Crippen LogP) is 1.03. The first-order valence-corrected chi connectivity index (χ1v) is 5.02. The van der Waals surface area contributed by atoms with Crippen LogP contribution in [0.5, 0.6) is 0 Å². The Kier molecular flexibility index (Phi) is 2.06. The Labute approximate surface area is 79.0 Å². The topological polar surface area (TPSA) is 29.5 Å². The average molecular weight is 183 g/mol. The van der Waals surface area contributed by atoms with Crippen molar-refractivity contribution in [2.45, 2.75) is 32.7 Å². The van der Waals surface area contributed by atoms with Gasteiger partial charge in [-0.05, 0) is 26.7 Å². The second-order valence-electron chi connectivity index (χ2n) is 4.54. The lowest BCUT2D eigenvalue weighted by Gasteiger charge is -2.40. The predicted molar refractivity (Wildman–Crippen MR) is 49.3 cm³/mol. The van der Waals surface area contributed by atoms with E-state index >= 15 is 0 Å². The molecule has 0 bridgehead atoms. The molecule has 2 aliphatic heterocycles. The first kappa shape index (κ1) is 9.00. The van der Waals surface area contributed by atoms with Gasteiger partial charge >= 0.3 is 0 Å². The van der Waals surface area contributed by atoms with Gasteiger partial charge < -0.3 is 9.64 Å². The fourth-order valence-corrected chi connectivity index (χ4v) is 2.11. The summed E-state index contributed by atoms with van der Waals surface area (Å²) in [4.78, 5) is 14.0. The van der Waals surface area contributed by atoms with Crippen molar-refractivity contribution in [3.8, 4) is 0 Å². The highest BCUT2D eigenvalue weighted by molar-refractivity contribution is 5.83. The van der Waals surface area contributed by atoms with Crippen LogP contribution in [0.2, 0.25) is 0 Å². The van der Waals surface area contributed by atoms with Gasteiger partial charge in [-0.1, -0.05) is 0 Å². The van der Waals surface area contributed by atoms with Crippen molar-refractivity contribution in [1.82, 2.24) is 4.90 Å². The normalized spacial score (nSPS) is 31.5. The number of rotatable bonds is 1. The fourth-order valence-electron chi connectivity index (χ4n) is 2.11. The van der Waals surface area contributed by atoms with E-state index in [0.717, 1.165) is 19.4 Å². The smallest absolute Gasteiger partial charge is 0.233 e. The standard InChI is InChI=1S/C10H17NO2/c1-8-4-3-5-11(8)9(12)10(2)6-13-7-10/h8H,3-7H2,1-2H3. The van der Waals surface area contributed by atoms with Crippen LogP contribution in [0, 0.1) is 5.41 Å². The Morgan fingerprint density at radius 1 is 1.54 bits per heavy atom. The van der Waals surface area contributed by atoms with Gasteiger partial charge in [0.25, 0.3) is 0 Å². The molecule has 1 amide bonds. The molecule has 2 rings (SSSR count). The highest BCUT2D eigenvalue weighted by atomic mass is 16.5. The van der Waals surface area contributed by atoms with E-state index in [1.54, 1.807) is 0 Å². The number of ether oxygens (including phenoxy) is 1. The summed E-state index contributed by atoms with van der Waals surface area (Å²) in [5.41, 5.74) is -0.210. The van der Waals surface area contributed by atoms with E-state index in [1.165, 1.54) is 0 Å². The number of amides is 1. The highest BCUT2D eigenvalue weighted by Crippen LogP contribution is 2.32. The monoisotopic (exact) mass is 183 g/mol. The molecule has 1 atom stereocenters. The largest absolute Gasteiger partial charge is 0.379 e. The summed E-state index contributed by atoms with van der Waals surface area (Å²) in [7, 11) is 0. The molecule has 3 heteroatoms. The number of hydrogen-bond donors (Lipinski definition) is 0. The summed E-state index contributed by atoms with van der Waals surface area (Å²) in [6, 6.07) is 0.435. The third kappa shape index (κ3) is 1.35. The van der Waals surface area contributed by atoms with Crippen molar-refractivity contribution in [1.29, 1.82) is 0 Å². The molecular formula is C10H17NO2. The third-order valence-electron chi connectivity index (χ3n) is 3.17. The number of carbonyl (C=O) groups is 1. The molecule has 13 heavy (non-hydrogen) atoms. The molecule has 0 aromatic rings. The van der Waals surface area contributed by atoms with Gasteiger partial charge in [-0.25, -0.2) is 0 Å². The molecule has 0 aliphatic carbocycles. The van der Waals surface area contributed by atoms with Crippen molar-refractivity contribution in [3.63, 3.8) is 0 Å². The molecule has 0 N–H and O–H groups in total.